The molecule has 0 atom stereocenters. The van der Waals surface area contributed by atoms with E-state index in [0.29, 0.717) is 6.54 Å². The number of hydrogen-bond donors (Lipinski definition) is 2. The second kappa shape index (κ2) is 11.8. The lowest BCUT2D eigenvalue weighted by atomic mass is 9.92. The van der Waals surface area contributed by atoms with Crippen molar-refractivity contribution in [1.82, 2.24) is 15.3 Å². The Balaban J connectivity index is 1.39. The van der Waals surface area contributed by atoms with Crippen molar-refractivity contribution >= 4 is 5.95 Å². The molecular formula is C27H43N5O. The predicted octanol–water partition coefficient (Wildman–Crippen LogP) is 4.56. The molecule has 3 N–H and O–H groups in total. The molecule has 6 nitrogen and oxygen atoms in total. The minimum absolute atomic E-state index is 0.0586. The largest absolute Gasteiger partial charge is 0.494 e. The van der Waals surface area contributed by atoms with E-state index in [1.807, 2.05) is 12.4 Å². The summed E-state index contributed by atoms with van der Waals surface area (Å²) >= 11 is 0. The summed E-state index contributed by atoms with van der Waals surface area (Å²) in [6.07, 6.45) is 9.63. The summed E-state index contributed by atoms with van der Waals surface area (Å²) in [5.41, 5.74) is 10.9. The lowest BCUT2D eigenvalue weighted by Gasteiger charge is -2.32. The summed E-state index contributed by atoms with van der Waals surface area (Å²) in [7, 11) is 0. The monoisotopic (exact) mass is 453 g/mol. The molecule has 0 amide bonds. The molecule has 1 saturated heterocycles. The van der Waals surface area contributed by atoms with Crippen molar-refractivity contribution in [3.05, 3.63) is 46.8 Å². The first-order valence-electron chi connectivity index (χ1n) is 12.5. The van der Waals surface area contributed by atoms with Crippen molar-refractivity contribution in [3.63, 3.8) is 0 Å². The van der Waals surface area contributed by atoms with E-state index in [2.05, 4.69) is 66.9 Å². The van der Waals surface area contributed by atoms with Crippen LogP contribution in [0, 0.1) is 19.8 Å². The van der Waals surface area contributed by atoms with Crippen molar-refractivity contribution in [2.45, 2.75) is 78.8 Å². The van der Waals surface area contributed by atoms with Crippen LogP contribution in [-0.2, 0) is 13.0 Å². The number of nitrogens with one attached hydrogen (secondary N) is 1. The maximum absolute atomic E-state index is 6.12. The third kappa shape index (κ3) is 7.41. The smallest absolute Gasteiger partial charge is 0.225 e. The van der Waals surface area contributed by atoms with E-state index in [9.17, 15) is 0 Å². The number of piperidine rings is 1. The second-order valence-corrected chi connectivity index (χ2v) is 10.1. The molecule has 3 rings (SSSR count). The first-order chi connectivity index (χ1) is 15.8. The Morgan fingerprint density at radius 3 is 2.33 bits per heavy atom. The molecule has 2 heterocycles. The fraction of sp³-hybridized carbons (Fsp3) is 0.630. The number of nitrogens with two attached hydrogens (primary N) is 1. The molecule has 1 aliphatic heterocycles. The van der Waals surface area contributed by atoms with Gasteiger partial charge in [0.25, 0.3) is 0 Å². The van der Waals surface area contributed by atoms with Crippen LogP contribution >= 0.6 is 0 Å². The molecular weight excluding hydrogens is 410 g/mol. The number of benzene rings is 1. The lowest BCUT2D eigenvalue weighted by Crippen LogP contribution is -2.45. The first-order valence-corrected chi connectivity index (χ1v) is 12.5. The molecule has 33 heavy (non-hydrogen) atoms. The van der Waals surface area contributed by atoms with Crippen LogP contribution in [0.1, 0.15) is 68.7 Å². The Hall–Kier alpha value is -2.18. The van der Waals surface area contributed by atoms with Crippen molar-refractivity contribution in [2.24, 2.45) is 11.7 Å². The maximum atomic E-state index is 6.12. The molecule has 2 aromatic rings. The Labute approximate surface area is 200 Å². The van der Waals surface area contributed by atoms with Gasteiger partial charge in [-0.25, -0.2) is 9.97 Å². The number of rotatable bonds is 11. The van der Waals surface area contributed by atoms with Gasteiger partial charge in [-0.15, -0.1) is 0 Å². The topological polar surface area (TPSA) is 76.3 Å². The van der Waals surface area contributed by atoms with Crippen LogP contribution in [0.15, 0.2) is 24.5 Å². The number of anilines is 1. The van der Waals surface area contributed by atoms with E-state index in [1.165, 1.54) is 41.5 Å². The Morgan fingerprint density at radius 2 is 1.76 bits per heavy atom. The number of aromatic nitrogens is 2. The molecule has 0 unspecified atom stereocenters. The van der Waals surface area contributed by atoms with E-state index < -0.39 is 0 Å². The van der Waals surface area contributed by atoms with Crippen LogP contribution in [0.4, 0.5) is 5.95 Å². The first kappa shape index (κ1) is 25.4. The molecule has 1 aromatic carbocycles. The molecule has 0 bridgehead atoms. The van der Waals surface area contributed by atoms with E-state index in [-0.39, 0.29) is 5.54 Å². The summed E-state index contributed by atoms with van der Waals surface area (Å²) in [6, 6.07) is 4.34. The van der Waals surface area contributed by atoms with Crippen molar-refractivity contribution < 1.29 is 4.74 Å². The number of hydrogen-bond acceptors (Lipinski definition) is 6. The number of ether oxygens (including phenoxy) is 1. The maximum Gasteiger partial charge on any atom is 0.225 e. The summed E-state index contributed by atoms with van der Waals surface area (Å²) in [4.78, 5) is 11.4. The summed E-state index contributed by atoms with van der Waals surface area (Å²) in [6.45, 7) is 15.1. The quantitative estimate of drug-likeness (QED) is 0.486. The van der Waals surface area contributed by atoms with Crippen molar-refractivity contribution in [3.8, 4) is 5.75 Å². The molecule has 182 valence electrons. The van der Waals surface area contributed by atoms with E-state index in [4.69, 9.17) is 10.5 Å². The highest BCUT2D eigenvalue weighted by Crippen LogP contribution is 2.26. The predicted molar refractivity (Wildman–Crippen MR) is 137 cm³/mol. The summed E-state index contributed by atoms with van der Waals surface area (Å²) in [5.74, 6) is 2.63. The van der Waals surface area contributed by atoms with Gasteiger partial charge in [-0.05, 0) is 100 Å². The van der Waals surface area contributed by atoms with E-state index in [0.717, 1.165) is 56.7 Å². The van der Waals surface area contributed by atoms with Gasteiger partial charge in [-0.3, -0.25) is 0 Å². The summed E-state index contributed by atoms with van der Waals surface area (Å²) in [5, 5.41) is 3.56. The zero-order chi connectivity index (χ0) is 23.8. The molecule has 0 aliphatic carbocycles. The van der Waals surface area contributed by atoms with Gasteiger partial charge in [-0.2, -0.15) is 0 Å². The standard InChI is InChI=1S/C27H43N5O/c1-6-22-16-29-26(30-17-22)32-11-9-23(10-12-32)8-7-13-33-24-14-20(2)25(21(3)15-24)18-31-27(4,5)19-28/h14-17,23,31H,6-13,18-19,28H2,1-5H3. The second-order valence-electron chi connectivity index (χ2n) is 10.1. The average Bonchev–Trinajstić information content (AvgIpc) is 2.82. The fourth-order valence-electron chi connectivity index (χ4n) is 4.39. The van der Waals surface area contributed by atoms with Crippen LogP contribution in [0.25, 0.3) is 0 Å². The molecule has 0 radical (unpaired) electrons. The minimum Gasteiger partial charge on any atom is -0.494 e. The summed E-state index contributed by atoms with van der Waals surface area (Å²) < 4.78 is 6.12. The van der Waals surface area contributed by atoms with Crippen LogP contribution < -0.4 is 20.7 Å². The highest BCUT2D eigenvalue weighted by molar-refractivity contribution is 5.41. The third-order valence-corrected chi connectivity index (χ3v) is 6.95. The highest BCUT2D eigenvalue weighted by Gasteiger charge is 2.21. The van der Waals surface area contributed by atoms with Crippen LogP contribution in [0.5, 0.6) is 5.75 Å². The minimum atomic E-state index is -0.0586. The number of nitrogens with zero attached hydrogens (tertiary/aromatic N) is 3. The lowest BCUT2D eigenvalue weighted by molar-refractivity contribution is 0.278. The van der Waals surface area contributed by atoms with Crippen molar-refractivity contribution in [1.29, 1.82) is 0 Å². The van der Waals surface area contributed by atoms with E-state index >= 15 is 0 Å². The van der Waals surface area contributed by atoms with Gasteiger partial charge < -0.3 is 20.7 Å². The molecule has 1 aliphatic rings. The van der Waals surface area contributed by atoms with Crippen molar-refractivity contribution in [2.75, 3.05) is 31.1 Å². The van der Waals surface area contributed by atoms with Gasteiger partial charge in [0.1, 0.15) is 5.75 Å². The van der Waals surface area contributed by atoms with Gasteiger partial charge in [0.2, 0.25) is 5.95 Å². The fourth-order valence-corrected chi connectivity index (χ4v) is 4.39. The molecule has 6 heteroatoms. The zero-order valence-electron chi connectivity index (χ0n) is 21.3. The molecule has 1 fully saturated rings. The van der Waals surface area contributed by atoms with Gasteiger partial charge in [0, 0.05) is 44.1 Å². The molecule has 0 saturated carbocycles. The Morgan fingerprint density at radius 1 is 1.12 bits per heavy atom. The van der Waals surface area contributed by atoms with E-state index in [1.54, 1.807) is 0 Å². The molecule has 0 spiro atoms. The molecule has 1 aromatic heterocycles. The van der Waals surface area contributed by atoms with Crippen LogP contribution in [0.2, 0.25) is 0 Å². The van der Waals surface area contributed by atoms with Gasteiger partial charge in [0.15, 0.2) is 0 Å². The SMILES string of the molecule is CCc1cnc(N2CCC(CCCOc3cc(C)c(CNC(C)(C)CN)c(C)c3)CC2)nc1. The third-order valence-electron chi connectivity index (χ3n) is 6.95. The normalized spacial score (nSPS) is 15.2. The highest BCUT2D eigenvalue weighted by atomic mass is 16.5. The van der Waals surface area contributed by atoms with Gasteiger partial charge >= 0.3 is 0 Å². The Kier molecular flexibility index (Phi) is 9.10. The number of aryl methyl sites for hydroxylation is 3. The average molecular weight is 454 g/mol. The van der Waals surface area contributed by atoms with Crippen LogP contribution in [-0.4, -0.2) is 41.7 Å². The van der Waals surface area contributed by atoms with Gasteiger partial charge in [0.05, 0.1) is 6.61 Å². The van der Waals surface area contributed by atoms with Gasteiger partial charge in [-0.1, -0.05) is 6.92 Å². The van der Waals surface area contributed by atoms with Crippen LogP contribution in [0.3, 0.4) is 0 Å². The zero-order valence-corrected chi connectivity index (χ0v) is 21.3. The Bertz CT molecular complexity index is 850.